The second kappa shape index (κ2) is 7.95. The molecule has 0 bridgehead atoms. The summed E-state index contributed by atoms with van der Waals surface area (Å²) in [4.78, 5) is 12.1. The SMILES string of the molecule is CC(C)C(O)CC[C@@H](C)[C@H]1CC[C@H]2[C@@H]3CCC4CC(=O)CC[C@]4(C)[C@H]3CC[C@]12C. The van der Waals surface area contributed by atoms with Crippen LogP contribution in [-0.2, 0) is 4.79 Å². The molecular weight excluding hydrogens is 356 g/mol. The van der Waals surface area contributed by atoms with Crippen molar-refractivity contribution in [3.8, 4) is 0 Å². The van der Waals surface area contributed by atoms with Gasteiger partial charge < -0.3 is 5.11 Å². The van der Waals surface area contributed by atoms with Gasteiger partial charge in [0.25, 0.3) is 0 Å². The quantitative estimate of drug-likeness (QED) is 0.559. The number of carbonyl (C=O) groups excluding carboxylic acids is 1. The van der Waals surface area contributed by atoms with E-state index in [1.165, 1.54) is 44.9 Å². The van der Waals surface area contributed by atoms with Crippen LogP contribution in [-0.4, -0.2) is 17.0 Å². The number of aliphatic hydroxyl groups is 1. The molecule has 4 rings (SSSR count). The molecule has 9 atom stereocenters. The van der Waals surface area contributed by atoms with Gasteiger partial charge in [0, 0.05) is 12.8 Å². The third kappa shape index (κ3) is 3.64. The van der Waals surface area contributed by atoms with E-state index in [1.807, 2.05) is 0 Å². The summed E-state index contributed by atoms with van der Waals surface area (Å²) in [5, 5.41) is 10.3. The molecule has 0 amide bonds. The van der Waals surface area contributed by atoms with Gasteiger partial charge in [-0.3, -0.25) is 4.79 Å². The number of carbonyl (C=O) groups is 1. The van der Waals surface area contributed by atoms with Gasteiger partial charge in [0.15, 0.2) is 0 Å². The average molecular weight is 403 g/mol. The van der Waals surface area contributed by atoms with Crippen LogP contribution in [0.4, 0.5) is 0 Å². The summed E-state index contributed by atoms with van der Waals surface area (Å²) in [5.41, 5.74) is 0.945. The highest BCUT2D eigenvalue weighted by atomic mass is 16.3. The van der Waals surface area contributed by atoms with Crippen LogP contribution in [0, 0.1) is 52.3 Å². The zero-order valence-electron chi connectivity index (χ0n) is 19.8. The van der Waals surface area contributed by atoms with Crippen LogP contribution in [0.15, 0.2) is 0 Å². The number of ketones is 1. The maximum atomic E-state index is 12.1. The Labute approximate surface area is 179 Å². The van der Waals surface area contributed by atoms with Gasteiger partial charge in [0.1, 0.15) is 5.78 Å². The molecule has 4 aliphatic carbocycles. The predicted octanol–water partition coefficient (Wildman–Crippen LogP) is 6.65. The van der Waals surface area contributed by atoms with Gasteiger partial charge >= 0.3 is 0 Å². The normalized spacial score (nSPS) is 46.7. The fraction of sp³-hybridized carbons (Fsp3) is 0.963. The summed E-state index contributed by atoms with van der Waals surface area (Å²) >= 11 is 0. The van der Waals surface area contributed by atoms with Gasteiger partial charge in [-0.1, -0.05) is 34.6 Å². The Morgan fingerprint density at radius 2 is 1.66 bits per heavy atom. The largest absolute Gasteiger partial charge is 0.393 e. The minimum atomic E-state index is -0.137. The maximum absolute atomic E-state index is 12.1. The molecule has 0 aliphatic heterocycles. The van der Waals surface area contributed by atoms with E-state index in [4.69, 9.17) is 0 Å². The molecule has 29 heavy (non-hydrogen) atoms. The number of aliphatic hydroxyl groups excluding tert-OH is 1. The first-order chi connectivity index (χ1) is 13.7. The molecule has 4 aliphatic rings. The highest BCUT2D eigenvalue weighted by Gasteiger charge is 2.60. The van der Waals surface area contributed by atoms with Crippen molar-refractivity contribution in [1.29, 1.82) is 0 Å². The van der Waals surface area contributed by atoms with Crippen molar-refractivity contribution in [3.05, 3.63) is 0 Å². The first-order valence-electron chi connectivity index (χ1n) is 12.9. The lowest BCUT2D eigenvalue weighted by Crippen LogP contribution is -2.53. The highest BCUT2D eigenvalue weighted by molar-refractivity contribution is 5.79. The van der Waals surface area contributed by atoms with E-state index in [1.54, 1.807) is 0 Å². The Bertz CT molecular complexity index is 612. The molecule has 2 nitrogen and oxygen atoms in total. The first kappa shape index (κ1) is 21.8. The van der Waals surface area contributed by atoms with Crippen LogP contribution in [0.3, 0.4) is 0 Å². The molecule has 0 aromatic rings. The Morgan fingerprint density at radius 1 is 0.931 bits per heavy atom. The van der Waals surface area contributed by atoms with Gasteiger partial charge in [-0.15, -0.1) is 0 Å². The van der Waals surface area contributed by atoms with Crippen molar-refractivity contribution in [3.63, 3.8) is 0 Å². The van der Waals surface area contributed by atoms with Gasteiger partial charge in [0.05, 0.1) is 6.10 Å². The fourth-order valence-electron chi connectivity index (χ4n) is 8.99. The zero-order valence-corrected chi connectivity index (χ0v) is 19.8. The summed E-state index contributed by atoms with van der Waals surface area (Å²) in [6.45, 7) is 12.0. The number of Topliss-reactive ketones (excluding diaryl/α,β-unsaturated/α-hetero) is 1. The van der Waals surface area contributed by atoms with E-state index in [0.717, 1.165) is 55.3 Å². The third-order valence-electron chi connectivity index (χ3n) is 10.9. The minimum Gasteiger partial charge on any atom is -0.393 e. The predicted molar refractivity (Wildman–Crippen MR) is 119 cm³/mol. The first-order valence-corrected chi connectivity index (χ1v) is 12.9. The van der Waals surface area contributed by atoms with Gasteiger partial charge in [0.2, 0.25) is 0 Å². The molecule has 166 valence electrons. The second-order valence-corrected chi connectivity index (χ2v) is 12.5. The van der Waals surface area contributed by atoms with E-state index < -0.39 is 0 Å². The van der Waals surface area contributed by atoms with E-state index >= 15 is 0 Å². The molecule has 0 saturated heterocycles. The van der Waals surface area contributed by atoms with Crippen LogP contribution < -0.4 is 0 Å². The third-order valence-corrected chi connectivity index (χ3v) is 10.9. The fourth-order valence-corrected chi connectivity index (χ4v) is 8.99. The molecule has 4 saturated carbocycles. The Hall–Kier alpha value is -0.370. The summed E-state index contributed by atoms with van der Waals surface area (Å²) in [5.74, 6) is 5.82. The summed E-state index contributed by atoms with van der Waals surface area (Å²) in [6.07, 6.45) is 13.2. The van der Waals surface area contributed by atoms with Crippen molar-refractivity contribution in [2.75, 3.05) is 0 Å². The lowest BCUT2D eigenvalue weighted by Gasteiger charge is -2.60. The number of hydrogen-bond acceptors (Lipinski definition) is 2. The Morgan fingerprint density at radius 3 is 2.38 bits per heavy atom. The van der Waals surface area contributed by atoms with Gasteiger partial charge in [-0.05, 0) is 110 Å². The minimum absolute atomic E-state index is 0.137. The number of hydrogen-bond donors (Lipinski definition) is 1. The van der Waals surface area contributed by atoms with Crippen LogP contribution in [0.2, 0.25) is 0 Å². The number of fused-ring (bicyclic) bond motifs is 5. The van der Waals surface area contributed by atoms with Crippen molar-refractivity contribution in [1.82, 2.24) is 0 Å². The van der Waals surface area contributed by atoms with E-state index in [0.29, 0.717) is 28.4 Å². The highest BCUT2D eigenvalue weighted by Crippen LogP contribution is 2.68. The van der Waals surface area contributed by atoms with Crippen LogP contribution in [0.5, 0.6) is 0 Å². The maximum Gasteiger partial charge on any atom is 0.133 e. The summed E-state index contributed by atoms with van der Waals surface area (Å²) in [6, 6.07) is 0. The average Bonchev–Trinajstić information content (AvgIpc) is 3.03. The molecule has 0 spiro atoms. The molecule has 2 unspecified atom stereocenters. The topological polar surface area (TPSA) is 37.3 Å². The van der Waals surface area contributed by atoms with Crippen molar-refractivity contribution >= 4 is 5.78 Å². The van der Waals surface area contributed by atoms with Crippen LogP contribution >= 0.6 is 0 Å². The van der Waals surface area contributed by atoms with Gasteiger partial charge in [-0.2, -0.15) is 0 Å². The standard InChI is InChI=1S/C27H46O2/c1-17(2)25(29)11-6-18(3)22-9-10-23-21-8-7-19-16-20(28)12-14-26(19,4)24(21)13-15-27(22,23)5/h17-19,21-25,29H,6-16H2,1-5H3/t18-,19?,21+,22-,23+,24+,25?,26+,27-/m1/s1. The molecular formula is C27H46O2. The zero-order chi connectivity index (χ0) is 21.0. The molecule has 1 N–H and O–H groups in total. The van der Waals surface area contributed by atoms with E-state index in [2.05, 4.69) is 34.6 Å². The molecule has 4 fully saturated rings. The molecule has 2 heteroatoms. The second-order valence-electron chi connectivity index (χ2n) is 12.5. The molecule has 0 aromatic heterocycles. The lowest BCUT2D eigenvalue weighted by atomic mass is 9.44. The monoisotopic (exact) mass is 402 g/mol. The van der Waals surface area contributed by atoms with Crippen molar-refractivity contribution in [2.24, 2.45) is 52.3 Å². The lowest BCUT2D eigenvalue weighted by molar-refractivity contribution is -0.140. The number of rotatable bonds is 5. The van der Waals surface area contributed by atoms with E-state index in [9.17, 15) is 9.90 Å². The van der Waals surface area contributed by atoms with Crippen LogP contribution in [0.1, 0.15) is 105 Å². The van der Waals surface area contributed by atoms with E-state index in [-0.39, 0.29) is 6.10 Å². The summed E-state index contributed by atoms with van der Waals surface area (Å²) in [7, 11) is 0. The van der Waals surface area contributed by atoms with Crippen molar-refractivity contribution in [2.45, 2.75) is 111 Å². The smallest absolute Gasteiger partial charge is 0.133 e. The van der Waals surface area contributed by atoms with Gasteiger partial charge in [-0.25, -0.2) is 0 Å². The Kier molecular flexibility index (Phi) is 5.99. The molecule has 0 radical (unpaired) electrons. The summed E-state index contributed by atoms with van der Waals surface area (Å²) < 4.78 is 0. The molecule has 0 heterocycles. The van der Waals surface area contributed by atoms with Crippen LogP contribution in [0.25, 0.3) is 0 Å². The van der Waals surface area contributed by atoms with Crippen molar-refractivity contribution < 1.29 is 9.90 Å². The molecule has 0 aromatic carbocycles. The Balaban J connectivity index is 1.46.